The minimum Gasteiger partial charge on any atom is -0.456 e. The van der Waals surface area contributed by atoms with Crippen molar-refractivity contribution in [2.45, 2.75) is 0 Å². The van der Waals surface area contributed by atoms with E-state index in [1.165, 1.54) is 51.1 Å². The highest BCUT2D eigenvalue weighted by molar-refractivity contribution is 7.26. The first-order valence-electron chi connectivity index (χ1n) is 19.2. The van der Waals surface area contributed by atoms with Gasteiger partial charge in [-0.05, 0) is 108 Å². The zero-order valence-corrected chi connectivity index (χ0v) is 32.2. The number of benzene rings is 9. The average Bonchev–Trinajstić information content (AvgIpc) is 3.94. The monoisotopic (exact) mass is 764 g/mol. The van der Waals surface area contributed by atoms with Crippen molar-refractivity contribution in [1.29, 1.82) is 0 Å². The second kappa shape index (κ2) is 12.8. The predicted molar refractivity (Wildman–Crippen MR) is 246 cm³/mol. The molecule has 0 saturated carbocycles. The highest BCUT2D eigenvalue weighted by Gasteiger charge is 2.21. The molecule has 0 N–H and O–H groups in total. The molecule has 9 aromatic carbocycles. The van der Waals surface area contributed by atoms with E-state index in [1.54, 1.807) is 0 Å². The largest absolute Gasteiger partial charge is 0.456 e. The van der Waals surface area contributed by atoms with Gasteiger partial charge in [-0.3, -0.25) is 0 Å². The number of fused-ring (bicyclic) bond motifs is 10. The Hall–Kier alpha value is -6.92. The third-order valence-electron chi connectivity index (χ3n) is 11.2. The van der Waals surface area contributed by atoms with Crippen LogP contribution in [0.15, 0.2) is 199 Å². The molecule has 0 aliphatic rings. The maximum atomic E-state index is 6.53. The van der Waals surface area contributed by atoms with Crippen LogP contribution in [0.5, 0.6) is 0 Å². The Morgan fingerprint density at radius 2 is 0.877 bits per heavy atom. The van der Waals surface area contributed by atoms with Crippen LogP contribution in [-0.2, 0) is 0 Å². The van der Waals surface area contributed by atoms with Crippen LogP contribution in [0.2, 0.25) is 0 Å². The zero-order valence-electron chi connectivity index (χ0n) is 30.6. The fraction of sp³-hybridized carbons (Fsp3) is 0. The van der Waals surface area contributed by atoms with Gasteiger partial charge in [-0.2, -0.15) is 0 Å². The summed E-state index contributed by atoms with van der Waals surface area (Å²) in [6.07, 6.45) is 0. The van der Waals surface area contributed by atoms with Crippen molar-refractivity contribution >= 4 is 130 Å². The standard InChI is InChI=1S/C52H32N2OS2/c1-3-14-35(15-4-1)53(38-22-25-41-40-18-9-10-21-48(40)56-50(41)31-38)37-24-27-49-43(30-37)42-26-23-39(32-51(42)57-49)54(36-16-5-2-6-17-36)45-19-11-20-46-52(45)44-28-33-12-7-8-13-34(33)29-47(44)55-46/h1-32H. The molecule has 0 spiro atoms. The quantitative estimate of drug-likeness (QED) is 0.168. The second-order valence-electron chi connectivity index (χ2n) is 14.5. The molecule has 268 valence electrons. The molecule has 0 saturated heterocycles. The van der Waals surface area contributed by atoms with Crippen LogP contribution >= 0.6 is 22.7 Å². The van der Waals surface area contributed by atoms with E-state index < -0.39 is 0 Å². The molecule has 0 fully saturated rings. The summed E-state index contributed by atoms with van der Waals surface area (Å²) in [6.45, 7) is 0. The summed E-state index contributed by atoms with van der Waals surface area (Å²) in [7, 11) is 0. The van der Waals surface area contributed by atoms with Crippen LogP contribution in [0.4, 0.5) is 34.1 Å². The van der Waals surface area contributed by atoms with Crippen LogP contribution in [-0.4, -0.2) is 0 Å². The fourth-order valence-corrected chi connectivity index (χ4v) is 10.9. The van der Waals surface area contributed by atoms with Crippen molar-refractivity contribution in [2.75, 3.05) is 9.80 Å². The van der Waals surface area contributed by atoms with Gasteiger partial charge in [0.15, 0.2) is 0 Å². The minimum atomic E-state index is 0.878. The first-order valence-corrected chi connectivity index (χ1v) is 20.8. The first-order chi connectivity index (χ1) is 28.2. The summed E-state index contributed by atoms with van der Waals surface area (Å²) in [6, 6.07) is 70.2. The van der Waals surface area contributed by atoms with Gasteiger partial charge in [0.05, 0.1) is 11.1 Å². The number of hydrogen-bond acceptors (Lipinski definition) is 5. The molecule has 12 aromatic rings. The Bertz CT molecular complexity index is 3490. The summed E-state index contributed by atoms with van der Waals surface area (Å²) in [5.74, 6) is 0. The number of rotatable bonds is 6. The lowest BCUT2D eigenvalue weighted by Gasteiger charge is -2.26. The maximum Gasteiger partial charge on any atom is 0.137 e. The summed E-state index contributed by atoms with van der Waals surface area (Å²) in [4.78, 5) is 4.76. The number of furan rings is 1. The number of hydrogen-bond donors (Lipinski definition) is 0. The predicted octanol–water partition coefficient (Wildman–Crippen LogP) is 16.4. The van der Waals surface area contributed by atoms with E-state index in [-0.39, 0.29) is 0 Å². The number of para-hydroxylation sites is 2. The Morgan fingerprint density at radius 1 is 0.316 bits per heavy atom. The SMILES string of the molecule is c1ccc(N(c2ccc3c(c2)sc2ccccc23)c2ccc3sc4cc(N(c5ccccc5)c5cccc6oc7cc8ccccc8cc7c56)ccc4c3c2)cc1. The molecule has 5 heteroatoms. The Balaban J connectivity index is 1.01. The molecule has 0 unspecified atom stereocenters. The molecule has 0 bridgehead atoms. The number of anilines is 6. The van der Waals surface area contributed by atoms with Crippen molar-refractivity contribution in [2.24, 2.45) is 0 Å². The van der Waals surface area contributed by atoms with E-state index in [0.717, 1.165) is 56.1 Å². The fourth-order valence-electron chi connectivity index (χ4n) is 8.59. The van der Waals surface area contributed by atoms with Gasteiger partial charge in [-0.25, -0.2) is 0 Å². The van der Waals surface area contributed by atoms with Crippen molar-refractivity contribution in [3.05, 3.63) is 194 Å². The molecule has 3 heterocycles. The Morgan fingerprint density at radius 3 is 1.63 bits per heavy atom. The Labute approximate surface area is 336 Å². The summed E-state index contributed by atoms with van der Waals surface area (Å²) >= 11 is 3.70. The molecular formula is C52H32N2OS2. The van der Waals surface area contributed by atoms with E-state index in [1.807, 2.05) is 22.7 Å². The van der Waals surface area contributed by atoms with E-state index in [2.05, 4.69) is 204 Å². The highest BCUT2D eigenvalue weighted by Crippen LogP contribution is 2.47. The van der Waals surface area contributed by atoms with Gasteiger partial charge in [0.1, 0.15) is 11.2 Å². The molecule has 3 nitrogen and oxygen atoms in total. The van der Waals surface area contributed by atoms with E-state index >= 15 is 0 Å². The molecular weight excluding hydrogens is 733 g/mol. The van der Waals surface area contributed by atoms with Crippen LogP contribution in [0.3, 0.4) is 0 Å². The number of thiophene rings is 2. The van der Waals surface area contributed by atoms with Gasteiger partial charge < -0.3 is 14.2 Å². The van der Waals surface area contributed by atoms with Gasteiger partial charge in [-0.1, -0.05) is 97.1 Å². The molecule has 3 aromatic heterocycles. The molecule has 0 atom stereocenters. The van der Waals surface area contributed by atoms with Crippen molar-refractivity contribution < 1.29 is 4.42 Å². The zero-order chi connectivity index (χ0) is 37.5. The van der Waals surface area contributed by atoms with E-state index in [0.29, 0.717) is 0 Å². The topological polar surface area (TPSA) is 19.6 Å². The lowest BCUT2D eigenvalue weighted by atomic mass is 10.0. The van der Waals surface area contributed by atoms with Gasteiger partial charge in [0, 0.05) is 74.2 Å². The van der Waals surface area contributed by atoms with E-state index in [9.17, 15) is 0 Å². The van der Waals surface area contributed by atoms with Gasteiger partial charge in [-0.15, -0.1) is 22.7 Å². The molecule has 57 heavy (non-hydrogen) atoms. The van der Waals surface area contributed by atoms with Gasteiger partial charge in [0.25, 0.3) is 0 Å². The van der Waals surface area contributed by atoms with Crippen LogP contribution in [0.1, 0.15) is 0 Å². The summed E-state index contributed by atoms with van der Waals surface area (Å²) in [5, 5.41) is 9.72. The average molecular weight is 765 g/mol. The second-order valence-corrected chi connectivity index (χ2v) is 16.7. The van der Waals surface area contributed by atoms with Crippen LogP contribution in [0, 0.1) is 0 Å². The van der Waals surface area contributed by atoms with Gasteiger partial charge in [0.2, 0.25) is 0 Å². The maximum absolute atomic E-state index is 6.53. The minimum absolute atomic E-state index is 0.878. The van der Waals surface area contributed by atoms with Crippen LogP contribution in [0.25, 0.3) is 73.1 Å². The smallest absolute Gasteiger partial charge is 0.137 e. The molecule has 0 aliphatic heterocycles. The lowest BCUT2D eigenvalue weighted by molar-refractivity contribution is 0.669. The molecule has 0 amide bonds. The first kappa shape index (κ1) is 32.3. The molecule has 0 radical (unpaired) electrons. The lowest BCUT2D eigenvalue weighted by Crippen LogP contribution is -2.10. The molecule has 0 aliphatic carbocycles. The van der Waals surface area contributed by atoms with Crippen molar-refractivity contribution in [1.82, 2.24) is 0 Å². The third kappa shape index (κ3) is 5.24. The van der Waals surface area contributed by atoms with E-state index in [4.69, 9.17) is 4.42 Å². The summed E-state index contributed by atoms with van der Waals surface area (Å²) < 4.78 is 11.6. The third-order valence-corrected chi connectivity index (χ3v) is 13.5. The van der Waals surface area contributed by atoms with Crippen molar-refractivity contribution in [3.8, 4) is 0 Å². The number of nitrogens with zero attached hydrogens (tertiary/aromatic N) is 2. The van der Waals surface area contributed by atoms with Gasteiger partial charge >= 0.3 is 0 Å². The highest BCUT2D eigenvalue weighted by atomic mass is 32.1. The Kier molecular flexibility index (Phi) is 7.27. The normalized spacial score (nSPS) is 11.9. The van der Waals surface area contributed by atoms with Crippen LogP contribution < -0.4 is 9.80 Å². The van der Waals surface area contributed by atoms with Crippen molar-refractivity contribution in [3.63, 3.8) is 0 Å². The molecule has 12 rings (SSSR count). The summed E-state index contributed by atoms with van der Waals surface area (Å²) in [5.41, 5.74) is 8.47.